The van der Waals surface area contributed by atoms with Crippen molar-refractivity contribution < 1.29 is 0 Å². The van der Waals surface area contributed by atoms with Crippen molar-refractivity contribution in [2.24, 2.45) is 0 Å². The van der Waals surface area contributed by atoms with Gasteiger partial charge in [-0.15, -0.1) is 0 Å². The van der Waals surface area contributed by atoms with Crippen LogP contribution in [0.3, 0.4) is 0 Å². The third-order valence-electron chi connectivity index (χ3n) is 6.19. The number of piperidine rings is 1. The molecule has 3 aromatic rings. The molecule has 0 atom stereocenters. The molecule has 1 aliphatic carbocycles. The third kappa shape index (κ3) is 3.94. The molecule has 0 N–H and O–H groups in total. The fourth-order valence-electron chi connectivity index (χ4n) is 4.60. The van der Waals surface area contributed by atoms with Crippen LogP contribution in [0, 0.1) is 0 Å². The molecule has 1 nitrogen and oxygen atoms in total. The predicted octanol–water partition coefficient (Wildman–Crippen LogP) is 6.78. The third-order valence-corrected chi connectivity index (χ3v) is 6.19. The zero-order valence-electron chi connectivity index (χ0n) is 17.3. The van der Waals surface area contributed by atoms with Gasteiger partial charge in [0.1, 0.15) is 0 Å². The quantitative estimate of drug-likeness (QED) is 0.373. The first-order chi connectivity index (χ1) is 14.9. The normalized spacial score (nSPS) is 16.4. The molecule has 0 bridgehead atoms. The molecule has 0 unspecified atom stereocenters. The minimum atomic E-state index is 1.02. The molecule has 3 aromatic carbocycles. The van der Waals surface area contributed by atoms with Gasteiger partial charge in [-0.25, -0.2) is 0 Å². The van der Waals surface area contributed by atoms with Crippen LogP contribution in [0.1, 0.15) is 40.7 Å². The Kier molecular flexibility index (Phi) is 5.46. The van der Waals surface area contributed by atoms with Gasteiger partial charge in [0.15, 0.2) is 0 Å². The summed E-state index contributed by atoms with van der Waals surface area (Å²) in [5.74, 6) is 0. The number of fused-ring (bicyclic) bond motifs is 2. The van der Waals surface area contributed by atoms with Gasteiger partial charge in [0.05, 0.1) is 0 Å². The SMILES string of the molecule is C1=Cc2ccccc2C(=C2CCN(C/C=C/c3ccccc3)CC2)c2ccccc21. The highest BCUT2D eigenvalue weighted by atomic mass is 15.1. The Labute approximate surface area is 179 Å². The molecule has 0 radical (unpaired) electrons. The number of rotatable bonds is 3. The summed E-state index contributed by atoms with van der Waals surface area (Å²) in [6.07, 6.45) is 11.3. The lowest BCUT2D eigenvalue weighted by atomic mass is 9.86. The second-order valence-corrected chi connectivity index (χ2v) is 8.10. The van der Waals surface area contributed by atoms with E-state index in [1.54, 1.807) is 5.57 Å². The van der Waals surface area contributed by atoms with Crippen molar-refractivity contribution in [3.8, 4) is 0 Å². The molecule has 148 valence electrons. The van der Waals surface area contributed by atoms with Gasteiger partial charge >= 0.3 is 0 Å². The Morgan fingerprint density at radius 3 is 1.87 bits per heavy atom. The molecular weight excluding hydrogens is 362 g/mol. The first-order valence-electron chi connectivity index (χ1n) is 10.9. The lowest BCUT2D eigenvalue weighted by Crippen LogP contribution is -2.31. The number of benzene rings is 3. The topological polar surface area (TPSA) is 3.24 Å². The summed E-state index contributed by atoms with van der Waals surface area (Å²) in [5, 5.41) is 0. The molecule has 0 saturated carbocycles. The highest BCUT2D eigenvalue weighted by molar-refractivity contribution is 5.94. The van der Waals surface area contributed by atoms with Crippen molar-refractivity contribution in [3.05, 3.63) is 118 Å². The molecule has 1 saturated heterocycles. The minimum absolute atomic E-state index is 1.02. The fraction of sp³-hybridized carbons (Fsp3) is 0.172. The fourth-order valence-corrected chi connectivity index (χ4v) is 4.60. The van der Waals surface area contributed by atoms with Crippen LogP contribution in [0.25, 0.3) is 23.8 Å². The van der Waals surface area contributed by atoms with Gasteiger partial charge in [0.2, 0.25) is 0 Å². The van der Waals surface area contributed by atoms with E-state index in [9.17, 15) is 0 Å². The van der Waals surface area contributed by atoms with Crippen molar-refractivity contribution in [1.82, 2.24) is 4.90 Å². The average molecular weight is 390 g/mol. The van der Waals surface area contributed by atoms with E-state index in [1.165, 1.54) is 33.4 Å². The van der Waals surface area contributed by atoms with Crippen LogP contribution in [0.5, 0.6) is 0 Å². The van der Waals surface area contributed by atoms with E-state index in [0.29, 0.717) is 0 Å². The summed E-state index contributed by atoms with van der Waals surface area (Å²) >= 11 is 0. The maximum absolute atomic E-state index is 2.57. The highest BCUT2D eigenvalue weighted by Crippen LogP contribution is 2.38. The number of hydrogen-bond donors (Lipinski definition) is 0. The molecule has 1 heteroatoms. The highest BCUT2D eigenvalue weighted by Gasteiger charge is 2.21. The summed E-state index contributed by atoms with van der Waals surface area (Å²) in [7, 11) is 0. The van der Waals surface area contributed by atoms with Gasteiger partial charge in [0.25, 0.3) is 0 Å². The van der Waals surface area contributed by atoms with Crippen molar-refractivity contribution in [2.45, 2.75) is 12.8 Å². The molecule has 1 heterocycles. The van der Waals surface area contributed by atoms with E-state index in [4.69, 9.17) is 0 Å². The second-order valence-electron chi connectivity index (χ2n) is 8.10. The maximum atomic E-state index is 2.57. The molecule has 2 aliphatic rings. The van der Waals surface area contributed by atoms with Gasteiger partial charge < -0.3 is 0 Å². The molecule has 0 amide bonds. The van der Waals surface area contributed by atoms with Crippen LogP contribution in [-0.2, 0) is 0 Å². The Hall–Kier alpha value is -3.16. The number of likely N-dealkylation sites (tertiary alicyclic amines) is 1. The minimum Gasteiger partial charge on any atom is -0.299 e. The van der Waals surface area contributed by atoms with Gasteiger partial charge in [-0.1, -0.05) is 109 Å². The van der Waals surface area contributed by atoms with Crippen molar-refractivity contribution in [3.63, 3.8) is 0 Å². The molecule has 5 rings (SSSR count). The van der Waals surface area contributed by atoms with E-state index in [1.807, 2.05) is 0 Å². The van der Waals surface area contributed by atoms with E-state index in [2.05, 4.69) is 108 Å². The molecule has 1 fully saturated rings. The molecule has 0 spiro atoms. The maximum Gasteiger partial charge on any atom is 0.0166 e. The number of hydrogen-bond acceptors (Lipinski definition) is 1. The summed E-state index contributed by atoms with van der Waals surface area (Å²) in [4.78, 5) is 2.57. The number of nitrogens with zero attached hydrogens (tertiary/aromatic N) is 1. The Morgan fingerprint density at radius 1 is 0.667 bits per heavy atom. The van der Waals surface area contributed by atoms with Crippen LogP contribution in [-0.4, -0.2) is 24.5 Å². The Balaban J connectivity index is 1.39. The lowest BCUT2D eigenvalue weighted by molar-refractivity contribution is 0.284. The van der Waals surface area contributed by atoms with Gasteiger partial charge in [-0.05, 0) is 46.2 Å². The van der Waals surface area contributed by atoms with E-state index in [0.717, 1.165) is 32.5 Å². The summed E-state index contributed by atoms with van der Waals surface area (Å²) in [5.41, 5.74) is 9.75. The van der Waals surface area contributed by atoms with Gasteiger partial charge in [-0.3, -0.25) is 4.90 Å². The van der Waals surface area contributed by atoms with Crippen LogP contribution in [0.2, 0.25) is 0 Å². The van der Waals surface area contributed by atoms with E-state index < -0.39 is 0 Å². The van der Waals surface area contributed by atoms with Crippen LogP contribution in [0.4, 0.5) is 0 Å². The van der Waals surface area contributed by atoms with Crippen molar-refractivity contribution >= 4 is 23.8 Å². The van der Waals surface area contributed by atoms with Crippen molar-refractivity contribution in [2.75, 3.05) is 19.6 Å². The first kappa shape index (κ1) is 18.8. The van der Waals surface area contributed by atoms with E-state index >= 15 is 0 Å². The average Bonchev–Trinajstić information content (AvgIpc) is 2.97. The molecule has 0 aromatic heterocycles. The smallest absolute Gasteiger partial charge is 0.0166 e. The van der Waals surface area contributed by atoms with Gasteiger partial charge in [-0.2, -0.15) is 0 Å². The zero-order valence-corrected chi connectivity index (χ0v) is 17.3. The lowest BCUT2D eigenvalue weighted by Gasteiger charge is -2.29. The Morgan fingerprint density at radius 2 is 1.23 bits per heavy atom. The molecule has 1 aliphatic heterocycles. The molecule has 30 heavy (non-hydrogen) atoms. The van der Waals surface area contributed by atoms with E-state index in [-0.39, 0.29) is 0 Å². The first-order valence-corrected chi connectivity index (χ1v) is 10.9. The standard InChI is InChI=1S/C29H27N/c1-2-9-23(10-3-1)11-8-20-30-21-18-26(19-22-30)29-27-14-6-4-12-24(27)16-17-25-13-5-7-15-28(25)29/h1-17H,18-22H2/b11-8+. The van der Waals surface area contributed by atoms with Crippen molar-refractivity contribution in [1.29, 1.82) is 0 Å². The summed E-state index contributed by atoms with van der Waals surface area (Å²) in [6.45, 7) is 3.26. The second kappa shape index (κ2) is 8.69. The Bertz CT molecular complexity index is 1060. The summed E-state index contributed by atoms with van der Waals surface area (Å²) < 4.78 is 0. The predicted molar refractivity (Wildman–Crippen MR) is 129 cm³/mol. The van der Waals surface area contributed by atoms with Crippen LogP contribution < -0.4 is 0 Å². The molecular formula is C29H27N. The monoisotopic (exact) mass is 389 g/mol. The van der Waals surface area contributed by atoms with Crippen LogP contribution in [0.15, 0.2) is 90.5 Å². The summed E-state index contributed by atoms with van der Waals surface area (Å²) in [6, 6.07) is 28.3. The largest absolute Gasteiger partial charge is 0.299 e. The van der Waals surface area contributed by atoms with Gasteiger partial charge in [0, 0.05) is 19.6 Å². The zero-order chi connectivity index (χ0) is 20.2. The van der Waals surface area contributed by atoms with Crippen LogP contribution >= 0.6 is 0 Å².